The lowest BCUT2D eigenvalue weighted by molar-refractivity contribution is -0.0528. The van der Waals surface area contributed by atoms with Crippen LogP contribution in [-0.4, -0.2) is 98.4 Å². The Balaban J connectivity index is 1.26. The van der Waals surface area contributed by atoms with Crippen molar-refractivity contribution < 1.29 is 33.6 Å². The highest BCUT2D eigenvalue weighted by Crippen LogP contribution is 2.51. The standard InChI is InChI=1S/C38H45F2N5O5/c1-3-26-29(39)10-7-22-14-24(47)15-27(31(22)26)33-32(40)34-28(16-41-33)35(44-17-25(18-46)49-20-37(2,48)19-44)43-36(42-34)50-21-38-11-4-6-30(38)45(13-5-12-38)23-8-9-23/h7,10,14-16,23,25,30,46-48H,3-6,8-9,11-13,17-21H2,1-2H3/t25-,30-,37+,38-/m1/s1. The molecule has 0 radical (unpaired) electrons. The normalized spacial score (nSPS) is 27.5. The molecule has 2 aliphatic carbocycles. The number of aryl methyl sites for hydroxylation is 1. The number of phenolic OH excluding ortho intramolecular Hbond substituents is 1. The summed E-state index contributed by atoms with van der Waals surface area (Å²) < 4.78 is 44.5. The first-order valence-corrected chi connectivity index (χ1v) is 18.0. The number of aliphatic hydroxyl groups excluding tert-OH is 1. The number of ether oxygens (including phenoxy) is 2. The maximum atomic E-state index is 17.1. The van der Waals surface area contributed by atoms with E-state index in [2.05, 4.69) is 14.9 Å². The maximum absolute atomic E-state index is 17.1. The average molecular weight is 690 g/mol. The summed E-state index contributed by atoms with van der Waals surface area (Å²) in [7, 11) is 0. The molecule has 2 saturated carbocycles. The number of piperidine rings is 1. The highest BCUT2D eigenvalue weighted by molar-refractivity contribution is 6.01. The van der Waals surface area contributed by atoms with Crippen LogP contribution in [0.2, 0.25) is 0 Å². The van der Waals surface area contributed by atoms with Gasteiger partial charge in [0.2, 0.25) is 0 Å². The van der Waals surface area contributed by atoms with Gasteiger partial charge in [-0.2, -0.15) is 9.97 Å². The molecule has 10 nitrogen and oxygen atoms in total. The third kappa shape index (κ3) is 5.93. The van der Waals surface area contributed by atoms with Crippen molar-refractivity contribution in [3.8, 4) is 23.0 Å². The van der Waals surface area contributed by atoms with Crippen LogP contribution in [0.25, 0.3) is 32.9 Å². The van der Waals surface area contributed by atoms with Gasteiger partial charge in [-0.1, -0.05) is 19.4 Å². The van der Waals surface area contributed by atoms with E-state index in [-0.39, 0.29) is 65.6 Å². The van der Waals surface area contributed by atoms with Crippen molar-refractivity contribution in [3.63, 3.8) is 0 Å². The van der Waals surface area contributed by atoms with Crippen molar-refractivity contribution in [2.45, 2.75) is 89.0 Å². The lowest BCUT2D eigenvalue weighted by Crippen LogP contribution is -2.52. The topological polar surface area (TPSA) is 124 Å². The lowest BCUT2D eigenvalue weighted by Gasteiger charge is -2.46. The van der Waals surface area contributed by atoms with Crippen LogP contribution in [0.1, 0.15) is 64.4 Å². The van der Waals surface area contributed by atoms with Gasteiger partial charge in [0.1, 0.15) is 34.2 Å². The zero-order chi connectivity index (χ0) is 34.8. The highest BCUT2D eigenvalue weighted by Gasteiger charge is 2.51. The minimum absolute atomic E-state index is 0.000156. The predicted molar refractivity (Wildman–Crippen MR) is 185 cm³/mol. The molecule has 2 saturated heterocycles. The highest BCUT2D eigenvalue weighted by atomic mass is 19.1. The van der Waals surface area contributed by atoms with Gasteiger partial charge in [0, 0.05) is 35.8 Å². The van der Waals surface area contributed by atoms with Crippen molar-refractivity contribution in [2.24, 2.45) is 5.41 Å². The number of pyridine rings is 1. The van der Waals surface area contributed by atoms with E-state index in [0.717, 1.165) is 38.6 Å². The Labute approximate surface area is 290 Å². The van der Waals surface area contributed by atoms with Crippen molar-refractivity contribution in [2.75, 3.05) is 44.4 Å². The van der Waals surface area contributed by atoms with E-state index in [9.17, 15) is 15.3 Å². The number of likely N-dealkylation sites (tertiary alicyclic amines) is 1. The van der Waals surface area contributed by atoms with E-state index < -0.39 is 23.3 Å². The summed E-state index contributed by atoms with van der Waals surface area (Å²) in [6, 6.07) is 6.95. The number of aliphatic hydroxyl groups is 2. The van der Waals surface area contributed by atoms with Crippen LogP contribution in [0.4, 0.5) is 14.6 Å². The van der Waals surface area contributed by atoms with Crippen molar-refractivity contribution >= 4 is 27.5 Å². The predicted octanol–water partition coefficient (Wildman–Crippen LogP) is 5.52. The molecule has 0 amide bonds. The summed E-state index contributed by atoms with van der Waals surface area (Å²) in [6.07, 6.45) is 9.18. The molecule has 266 valence electrons. The van der Waals surface area contributed by atoms with Gasteiger partial charge >= 0.3 is 6.01 Å². The number of hydrogen-bond acceptors (Lipinski definition) is 10. The summed E-state index contributed by atoms with van der Waals surface area (Å²) >= 11 is 0. The van der Waals surface area contributed by atoms with Crippen molar-refractivity contribution in [3.05, 3.63) is 47.7 Å². The van der Waals surface area contributed by atoms with Crippen LogP contribution < -0.4 is 9.64 Å². The first kappa shape index (κ1) is 33.4. The van der Waals surface area contributed by atoms with E-state index >= 15 is 8.78 Å². The second-order valence-corrected chi connectivity index (χ2v) is 15.1. The molecule has 4 atom stereocenters. The zero-order valence-corrected chi connectivity index (χ0v) is 28.7. The quantitative estimate of drug-likeness (QED) is 0.218. The number of anilines is 1. The Morgan fingerprint density at radius 2 is 1.92 bits per heavy atom. The van der Waals surface area contributed by atoms with Gasteiger partial charge in [-0.15, -0.1) is 0 Å². The van der Waals surface area contributed by atoms with Crippen LogP contribution in [0.3, 0.4) is 0 Å². The SMILES string of the molecule is CCc1c(F)ccc2cc(O)cc(-c3ncc4c(N5C[C@H](CO)OC[C@@](C)(O)C5)nc(OC[C@]56CCC[C@H]5N(C5CC5)CCC6)nc4c3F)c12. The minimum atomic E-state index is -1.29. The molecule has 4 heterocycles. The van der Waals surface area contributed by atoms with Gasteiger partial charge in [-0.25, -0.2) is 8.78 Å². The first-order valence-electron chi connectivity index (χ1n) is 18.0. The van der Waals surface area contributed by atoms with Crippen LogP contribution >= 0.6 is 0 Å². The lowest BCUT2D eigenvalue weighted by atomic mass is 9.75. The molecule has 2 aromatic carbocycles. The molecule has 4 aliphatic rings. The van der Waals surface area contributed by atoms with E-state index in [1.807, 2.05) is 6.92 Å². The Morgan fingerprint density at radius 3 is 2.70 bits per heavy atom. The van der Waals surface area contributed by atoms with Crippen LogP contribution in [0.5, 0.6) is 11.8 Å². The number of β-amino-alcohol motifs (C(OH)–C–C–N with tert-alkyl or cyclic N) is 1. The van der Waals surface area contributed by atoms with E-state index in [1.54, 1.807) is 17.9 Å². The molecule has 4 aromatic rings. The van der Waals surface area contributed by atoms with Crippen LogP contribution in [0, 0.1) is 17.0 Å². The number of nitrogens with zero attached hydrogens (tertiary/aromatic N) is 5. The van der Waals surface area contributed by atoms with E-state index in [4.69, 9.17) is 14.5 Å². The molecule has 4 fully saturated rings. The molecule has 0 bridgehead atoms. The molecular weight excluding hydrogens is 644 g/mol. The van der Waals surface area contributed by atoms with Gasteiger partial charge in [-0.05, 0) is 92.9 Å². The number of rotatable bonds is 8. The molecule has 2 aliphatic heterocycles. The fraction of sp³-hybridized carbons (Fsp3) is 0.553. The number of aromatic hydroxyl groups is 1. The summed E-state index contributed by atoms with van der Waals surface area (Å²) in [5, 5.41) is 33.2. The molecular formula is C38H45F2N5O5. The van der Waals surface area contributed by atoms with Gasteiger partial charge in [0.05, 0.1) is 37.9 Å². The molecule has 8 rings (SSSR count). The van der Waals surface area contributed by atoms with Crippen molar-refractivity contribution in [1.82, 2.24) is 19.9 Å². The third-order valence-corrected chi connectivity index (χ3v) is 11.3. The van der Waals surface area contributed by atoms with E-state index in [0.29, 0.717) is 47.3 Å². The monoisotopic (exact) mass is 689 g/mol. The number of phenols is 1. The number of benzene rings is 2. The minimum Gasteiger partial charge on any atom is -0.508 e. The fourth-order valence-electron chi connectivity index (χ4n) is 8.93. The Morgan fingerprint density at radius 1 is 1.10 bits per heavy atom. The number of fused-ring (bicyclic) bond motifs is 3. The summed E-state index contributed by atoms with van der Waals surface area (Å²) in [5.74, 6) is -0.984. The Bertz CT molecular complexity index is 1940. The maximum Gasteiger partial charge on any atom is 0.319 e. The largest absolute Gasteiger partial charge is 0.508 e. The molecule has 3 N–H and O–H groups in total. The zero-order valence-electron chi connectivity index (χ0n) is 28.7. The van der Waals surface area contributed by atoms with Crippen LogP contribution in [0.15, 0.2) is 30.5 Å². The molecule has 50 heavy (non-hydrogen) atoms. The smallest absolute Gasteiger partial charge is 0.319 e. The molecule has 12 heteroatoms. The molecule has 0 unspecified atom stereocenters. The second kappa shape index (κ2) is 12.8. The average Bonchev–Trinajstić information content (AvgIpc) is 3.88. The summed E-state index contributed by atoms with van der Waals surface area (Å²) in [6.45, 7) is 4.98. The van der Waals surface area contributed by atoms with Gasteiger partial charge in [-0.3, -0.25) is 9.88 Å². The first-order chi connectivity index (χ1) is 24.1. The van der Waals surface area contributed by atoms with E-state index in [1.165, 1.54) is 37.2 Å². The van der Waals surface area contributed by atoms with Gasteiger partial charge in [0.15, 0.2) is 5.82 Å². The number of hydrogen-bond donors (Lipinski definition) is 3. The Kier molecular flexibility index (Phi) is 8.56. The number of halogens is 2. The number of aromatic nitrogens is 3. The second-order valence-electron chi connectivity index (χ2n) is 15.1. The fourth-order valence-corrected chi connectivity index (χ4v) is 8.93. The van der Waals surface area contributed by atoms with Gasteiger partial charge < -0.3 is 29.7 Å². The molecule has 2 aromatic heterocycles. The van der Waals surface area contributed by atoms with Gasteiger partial charge in [0.25, 0.3) is 0 Å². The summed E-state index contributed by atoms with van der Waals surface area (Å²) in [5.41, 5.74) is -0.819. The summed E-state index contributed by atoms with van der Waals surface area (Å²) in [4.78, 5) is 18.5. The van der Waals surface area contributed by atoms with Crippen molar-refractivity contribution in [1.29, 1.82) is 0 Å². The molecule has 0 spiro atoms. The Hall–Kier alpha value is -3.71. The van der Waals surface area contributed by atoms with Crippen LogP contribution in [-0.2, 0) is 11.2 Å². The third-order valence-electron chi connectivity index (χ3n) is 11.3.